The summed E-state index contributed by atoms with van der Waals surface area (Å²) in [4.78, 5) is 5.77. The second kappa shape index (κ2) is 5.52. The Balaban J connectivity index is 2.14. The molecule has 0 unspecified atom stereocenters. The fraction of sp³-hybridized carbons (Fsp3) is 0.400. The molecule has 1 aromatic carbocycles. The lowest BCUT2D eigenvalue weighted by Gasteiger charge is -2.25. The van der Waals surface area contributed by atoms with Crippen LogP contribution in [0.1, 0.15) is 12.1 Å². The molecule has 2 aromatic rings. The number of hydrogen-bond acceptors (Lipinski definition) is 3. The molecular weight excluding hydrogens is 279 g/mol. The number of halogens is 3. The fourth-order valence-corrected chi connectivity index (χ4v) is 2.65. The van der Waals surface area contributed by atoms with Crippen LogP contribution < -0.4 is 10.2 Å². The van der Waals surface area contributed by atoms with Gasteiger partial charge in [0.2, 0.25) is 0 Å². The highest BCUT2D eigenvalue weighted by molar-refractivity contribution is 5.92. The van der Waals surface area contributed by atoms with Gasteiger partial charge in [0.05, 0.1) is 5.52 Å². The maximum atomic E-state index is 13.0. The Bertz CT molecular complexity index is 632. The minimum absolute atomic E-state index is 0.388. The third-order valence-electron chi connectivity index (χ3n) is 3.67. The largest absolute Gasteiger partial charge is 0.433 e. The maximum Gasteiger partial charge on any atom is 0.433 e. The predicted octanol–water partition coefficient (Wildman–Crippen LogP) is 3.05. The van der Waals surface area contributed by atoms with E-state index in [4.69, 9.17) is 0 Å². The zero-order valence-electron chi connectivity index (χ0n) is 11.5. The van der Waals surface area contributed by atoms with Crippen molar-refractivity contribution in [2.24, 2.45) is 0 Å². The second-order valence-electron chi connectivity index (χ2n) is 5.13. The van der Waals surface area contributed by atoms with Gasteiger partial charge in [-0.05, 0) is 25.1 Å². The molecule has 1 saturated heterocycles. The van der Waals surface area contributed by atoms with Gasteiger partial charge in [-0.3, -0.25) is 0 Å². The van der Waals surface area contributed by atoms with Gasteiger partial charge in [-0.15, -0.1) is 0 Å². The molecule has 1 aliphatic heterocycles. The summed E-state index contributed by atoms with van der Waals surface area (Å²) in [6, 6.07) is 8.17. The van der Waals surface area contributed by atoms with E-state index in [0.29, 0.717) is 17.7 Å². The predicted molar refractivity (Wildman–Crippen MR) is 76.4 cm³/mol. The van der Waals surface area contributed by atoms with Crippen LogP contribution in [0.5, 0.6) is 0 Å². The van der Waals surface area contributed by atoms with Gasteiger partial charge < -0.3 is 10.2 Å². The molecule has 6 heteroatoms. The normalized spacial score (nSPS) is 17.0. The average molecular weight is 295 g/mol. The maximum absolute atomic E-state index is 13.0. The van der Waals surface area contributed by atoms with E-state index in [2.05, 4.69) is 10.3 Å². The number of nitrogens with one attached hydrogen (secondary N) is 1. The molecule has 0 radical (unpaired) electrons. The van der Waals surface area contributed by atoms with Gasteiger partial charge >= 0.3 is 6.18 Å². The topological polar surface area (TPSA) is 28.2 Å². The van der Waals surface area contributed by atoms with E-state index in [0.717, 1.165) is 31.4 Å². The molecule has 0 bridgehead atoms. The van der Waals surface area contributed by atoms with Crippen LogP contribution >= 0.6 is 0 Å². The molecule has 0 saturated carbocycles. The van der Waals surface area contributed by atoms with E-state index in [1.165, 1.54) is 6.07 Å². The molecule has 0 amide bonds. The lowest BCUT2D eigenvalue weighted by atomic mass is 10.1. The van der Waals surface area contributed by atoms with Crippen LogP contribution in [-0.2, 0) is 6.18 Å². The smallest absolute Gasteiger partial charge is 0.370 e. The molecule has 1 fully saturated rings. The van der Waals surface area contributed by atoms with Gasteiger partial charge in [-0.25, -0.2) is 4.98 Å². The van der Waals surface area contributed by atoms with Crippen LogP contribution in [-0.4, -0.2) is 31.2 Å². The van der Waals surface area contributed by atoms with Crippen LogP contribution in [0, 0.1) is 0 Å². The van der Waals surface area contributed by atoms with Crippen molar-refractivity contribution in [1.29, 1.82) is 0 Å². The number of nitrogens with zero attached hydrogens (tertiary/aromatic N) is 2. The second-order valence-corrected chi connectivity index (χ2v) is 5.13. The first-order valence-corrected chi connectivity index (χ1v) is 6.98. The first kappa shape index (κ1) is 14.1. The Morgan fingerprint density at radius 1 is 1.10 bits per heavy atom. The van der Waals surface area contributed by atoms with E-state index in [9.17, 15) is 13.2 Å². The standard InChI is InChI=1S/C15H16F3N3/c16-15(17,18)14-10-13(21-8-3-6-19-7-9-21)11-4-1-2-5-12(11)20-14/h1-2,4-5,10,19H,3,6-9H2. The summed E-state index contributed by atoms with van der Waals surface area (Å²) >= 11 is 0. The van der Waals surface area contributed by atoms with Gasteiger partial charge in [-0.2, -0.15) is 13.2 Å². The number of para-hydroxylation sites is 1. The van der Waals surface area contributed by atoms with Crippen LogP contribution in [0.15, 0.2) is 30.3 Å². The Morgan fingerprint density at radius 2 is 1.90 bits per heavy atom. The third kappa shape index (κ3) is 2.95. The van der Waals surface area contributed by atoms with Gasteiger partial charge in [0.1, 0.15) is 5.69 Å². The van der Waals surface area contributed by atoms with Gasteiger partial charge in [-0.1, -0.05) is 18.2 Å². The third-order valence-corrected chi connectivity index (χ3v) is 3.67. The van der Waals surface area contributed by atoms with Crippen molar-refractivity contribution in [2.75, 3.05) is 31.1 Å². The number of anilines is 1. The van der Waals surface area contributed by atoms with Crippen molar-refractivity contribution in [3.63, 3.8) is 0 Å². The lowest BCUT2D eigenvalue weighted by molar-refractivity contribution is -0.140. The molecule has 21 heavy (non-hydrogen) atoms. The van der Waals surface area contributed by atoms with E-state index in [-0.39, 0.29) is 0 Å². The monoisotopic (exact) mass is 295 g/mol. The number of benzene rings is 1. The van der Waals surface area contributed by atoms with Crippen molar-refractivity contribution >= 4 is 16.6 Å². The van der Waals surface area contributed by atoms with Crippen LogP contribution in [0.3, 0.4) is 0 Å². The van der Waals surface area contributed by atoms with Crippen molar-refractivity contribution in [3.05, 3.63) is 36.0 Å². The van der Waals surface area contributed by atoms with E-state index in [1.54, 1.807) is 12.1 Å². The highest BCUT2D eigenvalue weighted by atomic mass is 19.4. The molecule has 3 nitrogen and oxygen atoms in total. The molecule has 3 rings (SSSR count). The van der Waals surface area contributed by atoms with Crippen LogP contribution in [0.25, 0.3) is 10.9 Å². The van der Waals surface area contributed by atoms with Crippen molar-refractivity contribution in [2.45, 2.75) is 12.6 Å². The quantitative estimate of drug-likeness (QED) is 0.876. The summed E-state index contributed by atoms with van der Waals surface area (Å²) in [6.45, 7) is 3.12. The van der Waals surface area contributed by atoms with Crippen LogP contribution in [0.4, 0.5) is 18.9 Å². The SMILES string of the molecule is FC(F)(F)c1cc(N2CCCNCC2)c2ccccc2n1. The first-order valence-electron chi connectivity index (χ1n) is 6.98. The molecule has 1 N–H and O–H groups in total. The van der Waals surface area contributed by atoms with Gasteiger partial charge in [0.15, 0.2) is 0 Å². The van der Waals surface area contributed by atoms with Crippen molar-refractivity contribution < 1.29 is 13.2 Å². The van der Waals surface area contributed by atoms with Crippen molar-refractivity contribution in [1.82, 2.24) is 10.3 Å². The number of aromatic nitrogens is 1. The summed E-state index contributed by atoms with van der Waals surface area (Å²) in [5.74, 6) is 0. The molecule has 0 spiro atoms. The minimum atomic E-state index is -4.43. The molecule has 1 aliphatic rings. The minimum Gasteiger partial charge on any atom is -0.370 e. The number of pyridine rings is 1. The molecule has 2 heterocycles. The number of alkyl halides is 3. The number of rotatable bonds is 1. The molecule has 0 atom stereocenters. The highest BCUT2D eigenvalue weighted by Crippen LogP contribution is 2.34. The molecular formula is C15H16F3N3. The number of fused-ring (bicyclic) bond motifs is 1. The van der Waals surface area contributed by atoms with Gasteiger partial charge in [0.25, 0.3) is 0 Å². The Kier molecular flexibility index (Phi) is 3.71. The van der Waals surface area contributed by atoms with E-state index >= 15 is 0 Å². The summed E-state index contributed by atoms with van der Waals surface area (Å²) in [6.07, 6.45) is -3.51. The highest BCUT2D eigenvalue weighted by Gasteiger charge is 2.34. The molecule has 0 aliphatic carbocycles. The molecule has 1 aromatic heterocycles. The van der Waals surface area contributed by atoms with E-state index < -0.39 is 11.9 Å². The number of hydrogen-bond donors (Lipinski definition) is 1. The first-order chi connectivity index (χ1) is 10.1. The fourth-order valence-electron chi connectivity index (χ4n) is 2.65. The Morgan fingerprint density at radius 3 is 2.71 bits per heavy atom. The summed E-state index contributed by atoms with van der Waals surface area (Å²) < 4.78 is 39.1. The Hall–Kier alpha value is -1.82. The average Bonchev–Trinajstić information content (AvgIpc) is 2.74. The van der Waals surface area contributed by atoms with Crippen molar-refractivity contribution in [3.8, 4) is 0 Å². The summed E-state index contributed by atoms with van der Waals surface area (Å²) in [7, 11) is 0. The zero-order valence-corrected chi connectivity index (χ0v) is 11.5. The summed E-state index contributed by atoms with van der Waals surface area (Å²) in [5, 5.41) is 4.03. The Labute approximate surface area is 120 Å². The lowest BCUT2D eigenvalue weighted by Crippen LogP contribution is -2.28. The van der Waals surface area contributed by atoms with Gasteiger partial charge in [0, 0.05) is 30.7 Å². The molecule has 112 valence electrons. The summed E-state index contributed by atoms with van der Waals surface area (Å²) in [5.41, 5.74) is 0.185. The van der Waals surface area contributed by atoms with Crippen LogP contribution in [0.2, 0.25) is 0 Å². The van der Waals surface area contributed by atoms with E-state index in [1.807, 2.05) is 17.0 Å². The zero-order chi connectivity index (χ0) is 14.9.